The summed E-state index contributed by atoms with van der Waals surface area (Å²) < 4.78 is 1.69. The predicted octanol–water partition coefficient (Wildman–Crippen LogP) is 1.89. The summed E-state index contributed by atoms with van der Waals surface area (Å²) >= 11 is 1.40. The quantitative estimate of drug-likeness (QED) is 0.654. The van der Waals surface area contributed by atoms with E-state index in [1.165, 1.54) is 17.7 Å². The van der Waals surface area contributed by atoms with Crippen molar-refractivity contribution in [3.63, 3.8) is 0 Å². The lowest BCUT2D eigenvalue weighted by Gasteiger charge is -2.08. The summed E-state index contributed by atoms with van der Waals surface area (Å²) in [5.41, 5.74) is 1.69. The Morgan fingerprint density at radius 1 is 1.24 bits per heavy atom. The topological polar surface area (TPSA) is 97.6 Å². The third-order valence-corrected chi connectivity index (χ3v) is 4.51. The molecule has 0 aliphatic rings. The van der Waals surface area contributed by atoms with Crippen LogP contribution in [-0.4, -0.2) is 43.7 Å². The zero-order valence-corrected chi connectivity index (χ0v) is 15.1. The van der Waals surface area contributed by atoms with E-state index in [2.05, 4.69) is 30.7 Å². The first-order valence-electron chi connectivity index (χ1n) is 7.84. The Balaban J connectivity index is 1.52. The maximum Gasteiger partial charge on any atom is 0.263 e. The van der Waals surface area contributed by atoms with E-state index in [1.807, 2.05) is 39.1 Å². The molecule has 0 unspecified atom stereocenters. The highest BCUT2D eigenvalue weighted by Crippen LogP contribution is 2.16. The summed E-state index contributed by atoms with van der Waals surface area (Å²) in [6.07, 6.45) is 3.33. The van der Waals surface area contributed by atoms with Gasteiger partial charge in [-0.1, -0.05) is 0 Å². The predicted molar refractivity (Wildman–Crippen MR) is 96.3 cm³/mol. The molecular weight excluding hydrogens is 338 g/mol. The fraction of sp³-hybridized carbons (Fsp3) is 0.312. The molecule has 8 nitrogen and oxygen atoms in total. The lowest BCUT2D eigenvalue weighted by Crippen LogP contribution is -2.28. The minimum Gasteiger partial charge on any atom is -0.368 e. The molecule has 3 aromatic rings. The summed E-state index contributed by atoms with van der Waals surface area (Å²) in [6.45, 7) is 6.69. The molecule has 3 heterocycles. The first-order chi connectivity index (χ1) is 12.0. The van der Waals surface area contributed by atoms with Crippen molar-refractivity contribution in [3.8, 4) is 5.82 Å². The fourth-order valence-electron chi connectivity index (χ4n) is 2.30. The third kappa shape index (κ3) is 4.18. The zero-order valence-electron chi connectivity index (χ0n) is 14.3. The van der Waals surface area contributed by atoms with Crippen LogP contribution in [0.15, 0.2) is 24.7 Å². The average Bonchev–Trinajstić information content (AvgIpc) is 3.17. The number of nitrogens with one attached hydrogen (secondary N) is 2. The Labute approximate surface area is 149 Å². The van der Waals surface area contributed by atoms with Crippen LogP contribution in [0.4, 0.5) is 5.82 Å². The molecule has 1 amide bonds. The van der Waals surface area contributed by atoms with Gasteiger partial charge in [0.2, 0.25) is 0 Å². The number of hydrogen-bond acceptors (Lipinski definition) is 7. The SMILES string of the molecule is Cc1ccn(-c2cc(NCCNC(=O)c3sc(C)nc3C)ncn2)n1. The Hall–Kier alpha value is -2.81. The molecule has 25 heavy (non-hydrogen) atoms. The highest BCUT2D eigenvalue weighted by atomic mass is 32.1. The molecule has 3 aromatic heterocycles. The number of carbonyl (C=O) groups is 1. The number of anilines is 1. The van der Waals surface area contributed by atoms with Crippen LogP contribution in [0.1, 0.15) is 26.1 Å². The van der Waals surface area contributed by atoms with Gasteiger partial charge in [0.05, 0.1) is 16.4 Å². The van der Waals surface area contributed by atoms with Crippen LogP contribution in [0.25, 0.3) is 5.82 Å². The Bertz CT molecular complexity index is 886. The Kier molecular flexibility index (Phi) is 5.03. The van der Waals surface area contributed by atoms with Crippen LogP contribution in [0.3, 0.4) is 0 Å². The van der Waals surface area contributed by atoms with Crippen molar-refractivity contribution >= 4 is 23.1 Å². The first kappa shape index (κ1) is 17.0. The van der Waals surface area contributed by atoms with E-state index in [0.717, 1.165) is 16.4 Å². The van der Waals surface area contributed by atoms with Crippen molar-refractivity contribution < 1.29 is 4.79 Å². The van der Waals surface area contributed by atoms with Crippen molar-refractivity contribution in [2.45, 2.75) is 20.8 Å². The van der Waals surface area contributed by atoms with Crippen LogP contribution in [0.5, 0.6) is 0 Å². The largest absolute Gasteiger partial charge is 0.368 e. The van der Waals surface area contributed by atoms with Crippen LogP contribution < -0.4 is 10.6 Å². The fourth-order valence-corrected chi connectivity index (χ4v) is 3.14. The highest BCUT2D eigenvalue weighted by molar-refractivity contribution is 7.13. The van der Waals surface area contributed by atoms with Gasteiger partial charge in [0.15, 0.2) is 5.82 Å². The van der Waals surface area contributed by atoms with Gasteiger partial charge in [-0.25, -0.2) is 19.6 Å². The summed E-state index contributed by atoms with van der Waals surface area (Å²) in [6, 6.07) is 3.72. The van der Waals surface area contributed by atoms with Gasteiger partial charge in [0, 0.05) is 25.4 Å². The second-order valence-electron chi connectivity index (χ2n) is 5.49. The number of thiazole rings is 1. The van der Waals surface area contributed by atoms with Crippen LogP contribution in [-0.2, 0) is 0 Å². The van der Waals surface area contributed by atoms with Crippen molar-refractivity contribution in [3.05, 3.63) is 45.9 Å². The van der Waals surface area contributed by atoms with E-state index in [0.29, 0.717) is 29.6 Å². The number of aryl methyl sites for hydroxylation is 3. The number of carbonyl (C=O) groups excluding carboxylic acids is 1. The normalized spacial score (nSPS) is 10.7. The van der Waals surface area contributed by atoms with Gasteiger partial charge in [0.25, 0.3) is 5.91 Å². The minimum atomic E-state index is -0.0970. The summed E-state index contributed by atoms with van der Waals surface area (Å²) in [4.78, 5) is 25.4. The van der Waals surface area contributed by atoms with Crippen LogP contribution >= 0.6 is 11.3 Å². The molecule has 0 atom stereocenters. The van der Waals surface area contributed by atoms with Gasteiger partial charge in [-0.3, -0.25) is 4.79 Å². The van der Waals surface area contributed by atoms with Gasteiger partial charge < -0.3 is 10.6 Å². The molecular formula is C16H19N7OS. The lowest BCUT2D eigenvalue weighted by molar-refractivity contribution is 0.0958. The molecule has 0 aromatic carbocycles. The summed E-state index contributed by atoms with van der Waals surface area (Å²) in [7, 11) is 0. The van der Waals surface area contributed by atoms with Crippen molar-refractivity contribution in [2.24, 2.45) is 0 Å². The molecule has 0 fully saturated rings. The number of rotatable bonds is 6. The van der Waals surface area contributed by atoms with Gasteiger partial charge in [0.1, 0.15) is 17.0 Å². The molecule has 130 valence electrons. The number of amides is 1. The molecule has 0 spiro atoms. The number of hydrogen-bond donors (Lipinski definition) is 2. The van der Waals surface area contributed by atoms with E-state index in [9.17, 15) is 4.79 Å². The van der Waals surface area contributed by atoms with Crippen molar-refractivity contribution in [1.82, 2.24) is 30.0 Å². The second-order valence-corrected chi connectivity index (χ2v) is 6.70. The molecule has 3 rings (SSSR count). The molecule has 0 aliphatic heterocycles. The van der Waals surface area contributed by atoms with E-state index in [4.69, 9.17) is 0 Å². The van der Waals surface area contributed by atoms with E-state index >= 15 is 0 Å². The number of aromatic nitrogens is 5. The van der Waals surface area contributed by atoms with Crippen molar-refractivity contribution in [2.75, 3.05) is 18.4 Å². The lowest BCUT2D eigenvalue weighted by atomic mass is 10.3. The molecule has 0 saturated carbocycles. The molecule has 0 aliphatic carbocycles. The first-order valence-corrected chi connectivity index (χ1v) is 8.65. The average molecular weight is 357 g/mol. The maximum absolute atomic E-state index is 12.1. The minimum absolute atomic E-state index is 0.0970. The molecule has 9 heteroatoms. The van der Waals surface area contributed by atoms with E-state index in [-0.39, 0.29) is 5.91 Å². The van der Waals surface area contributed by atoms with Crippen molar-refractivity contribution in [1.29, 1.82) is 0 Å². The van der Waals surface area contributed by atoms with E-state index < -0.39 is 0 Å². The van der Waals surface area contributed by atoms with E-state index in [1.54, 1.807) is 4.68 Å². The molecule has 0 radical (unpaired) electrons. The number of nitrogens with zero attached hydrogens (tertiary/aromatic N) is 5. The van der Waals surface area contributed by atoms with Gasteiger partial charge >= 0.3 is 0 Å². The second kappa shape index (κ2) is 7.39. The Morgan fingerprint density at radius 3 is 2.76 bits per heavy atom. The van der Waals surface area contributed by atoms with Crippen LogP contribution in [0.2, 0.25) is 0 Å². The zero-order chi connectivity index (χ0) is 17.8. The third-order valence-electron chi connectivity index (χ3n) is 3.44. The standard InChI is InChI=1S/C16H19N7OS/c1-10-4-7-23(22-10)14-8-13(19-9-20-14)17-5-6-18-16(24)15-11(2)21-12(3)25-15/h4,7-9H,5-6H2,1-3H3,(H,18,24)(H,17,19,20). The molecule has 2 N–H and O–H groups in total. The monoisotopic (exact) mass is 357 g/mol. The molecule has 0 saturated heterocycles. The Morgan fingerprint density at radius 2 is 2.08 bits per heavy atom. The van der Waals surface area contributed by atoms with Crippen LogP contribution in [0, 0.1) is 20.8 Å². The van der Waals surface area contributed by atoms with Gasteiger partial charge in [-0.05, 0) is 26.8 Å². The highest BCUT2D eigenvalue weighted by Gasteiger charge is 2.12. The van der Waals surface area contributed by atoms with Gasteiger partial charge in [-0.15, -0.1) is 11.3 Å². The summed E-state index contributed by atoms with van der Waals surface area (Å²) in [5, 5.41) is 11.3. The maximum atomic E-state index is 12.1. The van der Waals surface area contributed by atoms with Gasteiger partial charge in [-0.2, -0.15) is 5.10 Å². The molecule has 0 bridgehead atoms. The summed E-state index contributed by atoms with van der Waals surface area (Å²) in [5.74, 6) is 1.27. The smallest absolute Gasteiger partial charge is 0.263 e.